The number of aromatic nitrogens is 1. The molecule has 10 heteroatoms. The lowest BCUT2D eigenvalue weighted by Crippen LogP contribution is -2.56. The molecule has 4 unspecified atom stereocenters. The van der Waals surface area contributed by atoms with Gasteiger partial charge in [0.2, 0.25) is 11.8 Å². The number of rotatable bonds is 13. The smallest absolute Gasteiger partial charge is 0.268 e. The molecule has 41 heavy (non-hydrogen) atoms. The van der Waals surface area contributed by atoms with E-state index in [0.29, 0.717) is 43.8 Å². The average molecular weight is 559 g/mol. The Labute approximate surface area is 240 Å². The van der Waals surface area contributed by atoms with Crippen molar-refractivity contribution in [3.8, 4) is 11.8 Å². The number of nitrogens with one attached hydrogen (secondary N) is 5. The number of nitriles is 1. The molecule has 3 aromatic rings. The highest BCUT2D eigenvalue weighted by atomic mass is 16.5. The third kappa shape index (κ3) is 7.64. The minimum atomic E-state index is -0.843. The van der Waals surface area contributed by atoms with Gasteiger partial charge in [0.15, 0.2) is 0 Å². The molecule has 2 aromatic carbocycles. The van der Waals surface area contributed by atoms with E-state index >= 15 is 0 Å². The zero-order valence-electron chi connectivity index (χ0n) is 23.7. The molecule has 1 aliphatic rings. The summed E-state index contributed by atoms with van der Waals surface area (Å²) >= 11 is 0. The number of carbonyl (C=O) groups excluding carboxylic acids is 3. The van der Waals surface area contributed by atoms with Crippen LogP contribution in [0, 0.1) is 23.2 Å². The van der Waals surface area contributed by atoms with Crippen LogP contribution in [0.1, 0.15) is 49.2 Å². The molecule has 1 saturated heterocycles. The molecule has 0 radical (unpaired) electrons. The number of fused-ring (bicyclic) bond motifs is 1. The summed E-state index contributed by atoms with van der Waals surface area (Å²) in [4.78, 5) is 42.5. The number of nitrogens with zero attached hydrogens (tertiary/aromatic N) is 1. The van der Waals surface area contributed by atoms with Crippen molar-refractivity contribution in [2.75, 3.05) is 13.7 Å². The number of amides is 3. The maximum atomic E-state index is 13.7. The normalized spacial score (nSPS) is 17.0. The first kappa shape index (κ1) is 29.6. The molecule has 1 aromatic heterocycles. The third-order valence-corrected chi connectivity index (χ3v) is 7.36. The maximum absolute atomic E-state index is 13.7. The fraction of sp³-hybridized carbons (Fsp3) is 0.419. The Kier molecular flexibility index (Phi) is 9.98. The summed E-state index contributed by atoms with van der Waals surface area (Å²) < 4.78 is 5.40. The molecule has 1 fully saturated rings. The van der Waals surface area contributed by atoms with E-state index in [1.165, 1.54) is 0 Å². The summed E-state index contributed by atoms with van der Waals surface area (Å²) in [6.07, 6.45) is 1.34. The molecule has 5 N–H and O–H groups in total. The number of carbonyl (C=O) groups is 3. The van der Waals surface area contributed by atoms with E-state index in [9.17, 15) is 19.6 Å². The second-order valence-electron chi connectivity index (χ2n) is 10.9. The largest absolute Gasteiger partial charge is 0.496 e. The molecule has 0 aliphatic carbocycles. The number of methoxy groups -OCH3 is 1. The van der Waals surface area contributed by atoms with Gasteiger partial charge in [-0.3, -0.25) is 19.7 Å². The minimum absolute atomic E-state index is 0.0785. The Morgan fingerprint density at radius 2 is 1.90 bits per heavy atom. The fourth-order valence-electron chi connectivity index (χ4n) is 5.21. The zero-order chi connectivity index (χ0) is 29.4. The Morgan fingerprint density at radius 3 is 2.56 bits per heavy atom. The lowest BCUT2D eigenvalue weighted by atomic mass is 9.93. The van der Waals surface area contributed by atoms with Crippen LogP contribution in [-0.2, 0) is 16.1 Å². The van der Waals surface area contributed by atoms with E-state index in [4.69, 9.17) is 4.74 Å². The second kappa shape index (κ2) is 13.8. The summed E-state index contributed by atoms with van der Waals surface area (Å²) in [5.41, 5.74) is 2.05. The van der Waals surface area contributed by atoms with E-state index in [1.54, 1.807) is 13.2 Å². The van der Waals surface area contributed by atoms with Crippen molar-refractivity contribution in [1.29, 1.82) is 5.26 Å². The van der Waals surface area contributed by atoms with Crippen LogP contribution in [0.25, 0.3) is 10.9 Å². The highest BCUT2D eigenvalue weighted by Crippen LogP contribution is 2.26. The number of benzene rings is 2. The van der Waals surface area contributed by atoms with Gasteiger partial charge in [0.05, 0.1) is 19.2 Å². The number of hydrogen-bond donors (Lipinski definition) is 5. The monoisotopic (exact) mass is 558 g/mol. The van der Waals surface area contributed by atoms with Crippen LogP contribution in [-0.4, -0.2) is 54.5 Å². The van der Waals surface area contributed by atoms with Crippen molar-refractivity contribution in [3.05, 3.63) is 65.9 Å². The first-order valence-corrected chi connectivity index (χ1v) is 14.0. The van der Waals surface area contributed by atoms with Crippen molar-refractivity contribution in [3.63, 3.8) is 0 Å². The Hall–Kier alpha value is -4.36. The summed E-state index contributed by atoms with van der Waals surface area (Å²) in [6, 6.07) is 16.9. The van der Waals surface area contributed by atoms with Gasteiger partial charge in [-0.15, -0.1) is 0 Å². The van der Waals surface area contributed by atoms with E-state index in [-0.39, 0.29) is 17.7 Å². The van der Waals surface area contributed by atoms with E-state index < -0.39 is 29.9 Å². The molecule has 0 saturated carbocycles. The standard InChI is InChI=1S/C31H38N6O4/c1-19(2)14-25(37-31(40)26-16-22-23(35-26)10-7-11-28(22)41-3)30(39)36-24(15-21-12-13-33-29(21)38)27(17-32)34-18-20-8-5-4-6-9-20/h4-11,16,19,21,24-25,27,34-35H,12-15,18H2,1-3H3,(H,33,38)(H,36,39)(H,37,40). The van der Waals surface area contributed by atoms with Gasteiger partial charge in [0.1, 0.15) is 23.5 Å². The van der Waals surface area contributed by atoms with Gasteiger partial charge in [-0.05, 0) is 48.9 Å². The summed E-state index contributed by atoms with van der Waals surface area (Å²) in [7, 11) is 1.57. The van der Waals surface area contributed by atoms with Crippen molar-refractivity contribution < 1.29 is 19.1 Å². The molecule has 10 nitrogen and oxygen atoms in total. The van der Waals surface area contributed by atoms with Crippen LogP contribution in [0.4, 0.5) is 0 Å². The SMILES string of the molecule is COc1cccc2[nH]c(C(=O)NC(CC(C)C)C(=O)NC(CC3CCNC3=O)C(C#N)NCc3ccccc3)cc12. The summed E-state index contributed by atoms with van der Waals surface area (Å²) in [5.74, 6) is -0.463. The van der Waals surface area contributed by atoms with Crippen LogP contribution in [0.15, 0.2) is 54.6 Å². The highest BCUT2D eigenvalue weighted by molar-refractivity contribution is 6.01. The summed E-state index contributed by atoms with van der Waals surface area (Å²) in [6.45, 7) is 4.94. The average Bonchev–Trinajstić information content (AvgIpc) is 3.59. The van der Waals surface area contributed by atoms with Crippen LogP contribution >= 0.6 is 0 Å². The highest BCUT2D eigenvalue weighted by Gasteiger charge is 2.34. The number of H-pyrrole nitrogens is 1. The summed E-state index contributed by atoms with van der Waals surface area (Å²) in [5, 5.41) is 22.8. The topological polar surface area (TPSA) is 148 Å². The van der Waals surface area contributed by atoms with Crippen LogP contribution in [0.2, 0.25) is 0 Å². The minimum Gasteiger partial charge on any atom is -0.496 e. The molecule has 4 atom stereocenters. The van der Waals surface area contributed by atoms with Gasteiger partial charge >= 0.3 is 0 Å². The van der Waals surface area contributed by atoms with E-state index in [2.05, 4.69) is 32.3 Å². The van der Waals surface area contributed by atoms with Crippen molar-refractivity contribution in [1.82, 2.24) is 26.3 Å². The second-order valence-corrected chi connectivity index (χ2v) is 10.9. The third-order valence-electron chi connectivity index (χ3n) is 7.36. The van der Waals surface area contributed by atoms with Crippen LogP contribution in [0.3, 0.4) is 0 Å². The number of hydrogen-bond acceptors (Lipinski definition) is 6. The van der Waals surface area contributed by atoms with Gasteiger partial charge in [-0.25, -0.2) is 0 Å². The van der Waals surface area contributed by atoms with Crippen molar-refractivity contribution >= 4 is 28.6 Å². The molecule has 4 rings (SSSR count). The van der Waals surface area contributed by atoms with Gasteiger partial charge < -0.3 is 25.7 Å². The van der Waals surface area contributed by atoms with E-state index in [1.807, 2.05) is 62.4 Å². The Balaban J connectivity index is 1.52. The molecule has 2 heterocycles. The molecular formula is C31H38N6O4. The molecular weight excluding hydrogens is 520 g/mol. The van der Waals surface area contributed by atoms with Crippen molar-refractivity contribution in [2.24, 2.45) is 11.8 Å². The Morgan fingerprint density at radius 1 is 1.12 bits per heavy atom. The predicted octanol–water partition coefficient (Wildman–Crippen LogP) is 3.01. The van der Waals surface area contributed by atoms with Gasteiger partial charge in [-0.2, -0.15) is 5.26 Å². The lowest BCUT2D eigenvalue weighted by molar-refractivity contribution is -0.126. The van der Waals surface area contributed by atoms with Crippen molar-refractivity contribution in [2.45, 2.75) is 57.8 Å². The Bertz CT molecular complexity index is 1400. The molecule has 0 spiro atoms. The first-order valence-electron chi connectivity index (χ1n) is 14.0. The first-order chi connectivity index (χ1) is 19.8. The lowest BCUT2D eigenvalue weighted by Gasteiger charge is -2.29. The molecule has 1 aliphatic heterocycles. The maximum Gasteiger partial charge on any atom is 0.268 e. The zero-order valence-corrected chi connectivity index (χ0v) is 23.7. The van der Waals surface area contributed by atoms with E-state index in [0.717, 1.165) is 16.5 Å². The quantitative estimate of drug-likeness (QED) is 0.218. The number of aromatic amines is 1. The van der Waals surface area contributed by atoms with Crippen LogP contribution < -0.4 is 26.0 Å². The number of ether oxygens (including phenoxy) is 1. The molecule has 3 amide bonds. The molecule has 216 valence electrons. The van der Waals surface area contributed by atoms with Gasteiger partial charge in [0.25, 0.3) is 5.91 Å². The fourth-order valence-corrected chi connectivity index (χ4v) is 5.21. The molecule has 0 bridgehead atoms. The van der Waals surface area contributed by atoms with Crippen LogP contribution in [0.5, 0.6) is 5.75 Å². The van der Waals surface area contributed by atoms with Gasteiger partial charge in [-0.1, -0.05) is 50.2 Å². The van der Waals surface area contributed by atoms with Gasteiger partial charge in [0, 0.05) is 29.9 Å². The predicted molar refractivity (Wildman–Crippen MR) is 156 cm³/mol.